The van der Waals surface area contributed by atoms with Crippen LogP contribution in [-0.4, -0.2) is 59.6 Å². The first-order chi connectivity index (χ1) is 16.5. The summed E-state index contributed by atoms with van der Waals surface area (Å²) in [6.45, 7) is 0. The highest BCUT2D eigenvalue weighted by molar-refractivity contribution is 6.03. The van der Waals surface area contributed by atoms with E-state index < -0.39 is 29.6 Å². The first kappa shape index (κ1) is 21.6. The summed E-state index contributed by atoms with van der Waals surface area (Å²) in [6.07, 6.45) is 10.3. The van der Waals surface area contributed by atoms with Gasteiger partial charge in [-0.25, -0.2) is 0 Å². The third kappa shape index (κ3) is 3.34. The molecule has 4 fully saturated rings. The number of nitrogens with zero attached hydrogens (tertiary/aromatic N) is 1. The number of rotatable bonds is 6. The Bertz CT molecular complexity index is 1050. The number of anilines is 1. The van der Waals surface area contributed by atoms with Gasteiger partial charge in [0.05, 0.1) is 25.0 Å². The summed E-state index contributed by atoms with van der Waals surface area (Å²) in [5, 5.41) is 6.16. The summed E-state index contributed by atoms with van der Waals surface area (Å²) in [5.41, 5.74) is -0.485. The van der Waals surface area contributed by atoms with Crippen molar-refractivity contribution in [1.82, 2.24) is 10.2 Å². The minimum atomic E-state index is -1.08. The van der Waals surface area contributed by atoms with E-state index in [4.69, 9.17) is 9.47 Å². The van der Waals surface area contributed by atoms with Crippen LogP contribution in [0.3, 0.4) is 0 Å². The van der Waals surface area contributed by atoms with E-state index in [-0.39, 0.29) is 29.8 Å². The molecule has 1 aromatic rings. The van der Waals surface area contributed by atoms with Crippen LogP contribution >= 0.6 is 0 Å². The number of nitrogens with one attached hydrogen (secondary N) is 2. The highest BCUT2D eigenvalue weighted by atomic mass is 16.5. The van der Waals surface area contributed by atoms with Gasteiger partial charge in [0.2, 0.25) is 17.7 Å². The molecule has 180 valence electrons. The second-order valence-corrected chi connectivity index (χ2v) is 10.2. The molecule has 1 aromatic carbocycles. The zero-order valence-electron chi connectivity index (χ0n) is 19.4. The zero-order chi connectivity index (χ0) is 23.4. The van der Waals surface area contributed by atoms with E-state index in [1.807, 2.05) is 12.2 Å². The Labute approximate surface area is 199 Å². The first-order valence-electron chi connectivity index (χ1n) is 12.5. The monoisotopic (exact) mass is 465 g/mol. The van der Waals surface area contributed by atoms with Gasteiger partial charge in [0.25, 0.3) is 0 Å². The first-order valence-corrected chi connectivity index (χ1v) is 12.5. The second-order valence-electron chi connectivity index (χ2n) is 10.2. The fourth-order valence-electron chi connectivity index (χ4n) is 6.41. The summed E-state index contributed by atoms with van der Waals surface area (Å²) in [6, 6.07) is 6.59. The quantitative estimate of drug-likeness (QED) is 0.629. The molecule has 0 aromatic heterocycles. The number of likely N-dealkylation sites (tertiary alicyclic amines) is 1. The van der Waals surface area contributed by atoms with Gasteiger partial charge in [-0.05, 0) is 37.8 Å². The van der Waals surface area contributed by atoms with Crippen molar-refractivity contribution < 1.29 is 23.9 Å². The fraction of sp³-hybridized carbons (Fsp3) is 0.577. The average molecular weight is 466 g/mol. The normalized spacial score (nSPS) is 34.3. The number of benzene rings is 1. The number of carbonyl (C=O) groups is 3. The summed E-state index contributed by atoms with van der Waals surface area (Å²) < 4.78 is 11.6. The molecule has 8 heteroatoms. The van der Waals surface area contributed by atoms with Crippen molar-refractivity contribution in [3.8, 4) is 5.75 Å². The number of hydrogen-bond acceptors (Lipinski definition) is 5. The molecule has 2 saturated carbocycles. The zero-order valence-corrected chi connectivity index (χ0v) is 19.4. The van der Waals surface area contributed by atoms with Crippen molar-refractivity contribution in [3.63, 3.8) is 0 Å². The molecular weight excluding hydrogens is 434 g/mol. The predicted molar refractivity (Wildman–Crippen MR) is 124 cm³/mol. The number of carbonyl (C=O) groups excluding carboxylic acids is 3. The maximum Gasteiger partial charge on any atom is 0.246 e. The van der Waals surface area contributed by atoms with Crippen molar-refractivity contribution in [2.45, 2.75) is 74.8 Å². The minimum Gasteiger partial charge on any atom is -0.497 e. The van der Waals surface area contributed by atoms with Crippen LogP contribution in [0.5, 0.6) is 5.75 Å². The van der Waals surface area contributed by atoms with Crippen molar-refractivity contribution in [2.75, 3.05) is 12.4 Å². The Morgan fingerprint density at radius 2 is 1.91 bits per heavy atom. The van der Waals surface area contributed by atoms with Gasteiger partial charge < -0.3 is 25.0 Å². The lowest BCUT2D eigenvalue weighted by Crippen LogP contribution is -2.57. The van der Waals surface area contributed by atoms with Crippen LogP contribution < -0.4 is 15.4 Å². The largest absolute Gasteiger partial charge is 0.497 e. The van der Waals surface area contributed by atoms with Crippen LogP contribution in [0.1, 0.15) is 44.9 Å². The number of hydrogen-bond donors (Lipinski definition) is 2. The van der Waals surface area contributed by atoms with Gasteiger partial charge >= 0.3 is 0 Å². The van der Waals surface area contributed by atoms with Gasteiger partial charge in [-0.2, -0.15) is 0 Å². The molecule has 3 heterocycles. The van der Waals surface area contributed by atoms with E-state index in [1.54, 1.807) is 36.3 Å². The van der Waals surface area contributed by atoms with Gasteiger partial charge in [0, 0.05) is 23.8 Å². The van der Waals surface area contributed by atoms with Crippen molar-refractivity contribution in [1.29, 1.82) is 0 Å². The highest BCUT2D eigenvalue weighted by Gasteiger charge is 2.74. The lowest BCUT2D eigenvalue weighted by molar-refractivity contribution is -0.142. The molecule has 6 rings (SSSR count). The summed E-state index contributed by atoms with van der Waals surface area (Å²) >= 11 is 0. The van der Waals surface area contributed by atoms with Crippen molar-refractivity contribution >= 4 is 23.4 Å². The average Bonchev–Trinajstić information content (AvgIpc) is 3.44. The van der Waals surface area contributed by atoms with Crippen LogP contribution in [0, 0.1) is 11.8 Å². The topological polar surface area (TPSA) is 97.0 Å². The fourth-order valence-corrected chi connectivity index (χ4v) is 6.41. The number of ether oxygens (including phenoxy) is 2. The lowest BCUT2D eigenvalue weighted by atomic mass is 9.74. The van der Waals surface area contributed by atoms with Gasteiger partial charge in [-0.15, -0.1) is 0 Å². The van der Waals surface area contributed by atoms with E-state index in [1.165, 1.54) is 6.42 Å². The standard InChI is InChI=1S/C26H31N3O5/c1-33-18-9-5-8-16(14-18)28-23(30)20-19-12-13-26(34-19)21(20)25(32)29(17-10-11-17)22(26)24(31)27-15-6-3-2-4-7-15/h5,8-9,12-15,17,19-22H,2-4,6-7,10-11H2,1H3,(H,27,31)(H,28,30)/t19-,20-,21-,22-,26-/m1/s1. The number of fused-ring (bicyclic) bond motifs is 1. The molecule has 2 bridgehead atoms. The molecule has 3 amide bonds. The van der Waals surface area contributed by atoms with Crippen LogP contribution in [0.4, 0.5) is 5.69 Å². The second kappa shape index (κ2) is 8.12. The Balaban J connectivity index is 1.28. The van der Waals surface area contributed by atoms with Crippen LogP contribution in [-0.2, 0) is 19.1 Å². The molecule has 0 unspecified atom stereocenters. The number of amides is 3. The van der Waals surface area contributed by atoms with E-state index >= 15 is 0 Å². The molecule has 2 aliphatic carbocycles. The Hall–Kier alpha value is -2.87. The minimum absolute atomic E-state index is 0.0488. The summed E-state index contributed by atoms with van der Waals surface area (Å²) in [5.74, 6) is -1.30. The Morgan fingerprint density at radius 1 is 1.12 bits per heavy atom. The summed E-state index contributed by atoms with van der Waals surface area (Å²) in [7, 11) is 1.57. The van der Waals surface area contributed by atoms with E-state index in [2.05, 4.69) is 10.6 Å². The van der Waals surface area contributed by atoms with Crippen molar-refractivity contribution in [2.24, 2.45) is 11.8 Å². The molecule has 2 saturated heterocycles. The smallest absolute Gasteiger partial charge is 0.246 e. The van der Waals surface area contributed by atoms with Gasteiger partial charge in [0.15, 0.2) is 0 Å². The molecule has 5 aliphatic rings. The predicted octanol–water partition coefficient (Wildman–Crippen LogP) is 2.40. The maximum atomic E-state index is 13.8. The van der Waals surface area contributed by atoms with E-state index in [9.17, 15) is 14.4 Å². The number of methoxy groups -OCH3 is 1. The van der Waals surface area contributed by atoms with Crippen molar-refractivity contribution in [3.05, 3.63) is 36.4 Å². The SMILES string of the molecule is COc1cccc(NC(=O)[C@@H]2[C@H]3C=C[C@@]4(O3)[C@H]2C(=O)N(C2CC2)[C@@H]4C(=O)NC2CCCCC2)c1. The van der Waals surface area contributed by atoms with Crippen LogP contribution in [0.2, 0.25) is 0 Å². The molecule has 0 radical (unpaired) electrons. The van der Waals surface area contributed by atoms with Gasteiger partial charge in [0.1, 0.15) is 17.4 Å². The van der Waals surface area contributed by atoms with E-state index in [0.29, 0.717) is 11.4 Å². The molecule has 1 spiro atoms. The summed E-state index contributed by atoms with van der Waals surface area (Å²) in [4.78, 5) is 42.6. The lowest BCUT2D eigenvalue weighted by Gasteiger charge is -2.34. The third-order valence-electron chi connectivity index (χ3n) is 8.09. The van der Waals surface area contributed by atoms with Crippen LogP contribution in [0.15, 0.2) is 36.4 Å². The van der Waals surface area contributed by atoms with Gasteiger partial charge in [-0.3, -0.25) is 14.4 Å². The third-order valence-corrected chi connectivity index (χ3v) is 8.09. The molecule has 3 aliphatic heterocycles. The Morgan fingerprint density at radius 3 is 2.65 bits per heavy atom. The molecule has 34 heavy (non-hydrogen) atoms. The maximum absolute atomic E-state index is 13.8. The molecule has 2 N–H and O–H groups in total. The van der Waals surface area contributed by atoms with Crippen LogP contribution in [0.25, 0.3) is 0 Å². The Kier molecular flexibility index (Phi) is 5.17. The molecular formula is C26H31N3O5. The van der Waals surface area contributed by atoms with Gasteiger partial charge in [-0.1, -0.05) is 37.5 Å². The highest BCUT2D eigenvalue weighted by Crippen LogP contribution is 2.57. The van der Waals surface area contributed by atoms with E-state index in [0.717, 1.165) is 38.5 Å². The molecule has 5 atom stereocenters. The molecule has 8 nitrogen and oxygen atoms in total.